The second kappa shape index (κ2) is 3.17. The molecule has 0 saturated carbocycles. The fourth-order valence-corrected chi connectivity index (χ4v) is 1.51. The van der Waals surface area contributed by atoms with Gasteiger partial charge >= 0.3 is 66.9 Å². The van der Waals surface area contributed by atoms with Crippen molar-refractivity contribution in [3.8, 4) is 0 Å². The summed E-state index contributed by atoms with van der Waals surface area (Å²) in [5, 5.41) is 0. The van der Waals surface area contributed by atoms with Crippen molar-refractivity contribution in [2.45, 2.75) is 13.3 Å². The van der Waals surface area contributed by atoms with Gasteiger partial charge in [0.1, 0.15) is 0 Å². The summed E-state index contributed by atoms with van der Waals surface area (Å²) in [5.41, 5.74) is 1.46. The Bertz CT molecular complexity index is 194. The van der Waals surface area contributed by atoms with E-state index in [1.807, 2.05) is 0 Å². The number of benzene rings is 1. The molecule has 0 heterocycles. The average Bonchev–Trinajstić information content (AvgIpc) is 1.89. The van der Waals surface area contributed by atoms with E-state index < -0.39 is 0 Å². The summed E-state index contributed by atoms with van der Waals surface area (Å²) in [6, 6.07) is 8.51. The summed E-state index contributed by atoms with van der Waals surface area (Å²) in [6.07, 6.45) is 1.15. The Morgan fingerprint density at radius 2 is 2.00 bits per heavy atom. The SMILES string of the molecule is CCc1cccc[c]1[Mo]. The van der Waals surface area contributed by atoms with Gasteiger partial charge in [0.25, 0.3) is 0 Å². The van der Waals surface area contributed by atoms with E-state index in [1.165, 1.54) is 9.52 Å². The van der Waals surface area contributed by atoms with Gasteiger partial charge in [0, 0.05) is 0 Å². The summed E-state index contributed by atoms with van der Waals surface area (Å²) in [4.78, 5) is 0. The number of hydrogen-bond acceptors (Lipinski definition) is 0. The van der Waals surface area contributed by atoms with Gasteiger partial charge in [0.15, 0.2) is 0 Å². The monoisotopic (exact) mass is 203 g/mol. The molecule has 1 rings (SSSR count). The molecule has 0 nitrogen and oxygen atoms in total. The molecule has 9 heavy (non-hydrogen) atoms. The molecule has 0 aromatic heterocycles. The fourth-order valence-electron chi connectivity index (χ4n) is 0.796. The topological polar surface area (TPSA) is 0 Å². The molecule has 0 aliphatic rings. The van der Waals surface area contributed by atoms with Crippen LogP contribution in [0.15, 0.2) is 24.3 Å². The molecule has 0 saturated heterocycles. The van der Waals surface area contributed by atoms with Crippen LogP contribution in [0.4, 0.5) is 0 Å². The van der Waals surface area contributed by atoms with Gasteiger partial charge in [-0.3, -0.25) is 0 Å². The molecule has 0 fully saturated rings. The zero-order valence-electron chi connectivity index (χ0n) is 5.42. The first-order chi connectivity index (χ1) is 4.34. The van der Waals surface area contributed by atoms with Crippen molar-refractivity contribution in [1.82, 2.24) is 0 Å². The normalized spacial score (nSPS) is 9.44. The molecule has 0 aliphatic carbocycles. The zero-order valence-corrected chi connectivity index (χ0v) is 7.43. The van der Waals surface area contributed by atoms with E-state index >= 15 is 0 Å². The summed E-state index contributed by atoms with van der Waals surface area (Å²) >= 11 is 2.08. The summed E-state index contributed by atoms with van der Waals surface area (Å²) < 4.78 is 1.41. The second-order valence-electron chi connectivity index (χ2n) is 1.96. The number of aryl methyl sites for hydroxylation is 1. The Balaban J connectivity index is 3.01. The third kappa shape index (κ3) is 1.66. The van der Waals surface area contributed by atoms with Crippen LogP contribution in [0.5, 0.6) is 0 Å². The molecule has 0 spiro atoms. The standard InChI is InChI=1S/C8H9.Mo/c1-2-8-6-4-3-5-7-8;/h3-6H,2H2,1H3;. The Morgan fingerprint density at radius 3 is 2.44 bits per heavy atom. The van der Waals surface area contributed by atoms with Crippen molar-refractivity contribution in [2.24, 2.45) is 0 Å². The van der Waals surface area contributed by atoms with E-state index in [4.69, 9.17) is 0 Å². The first kappa shape index (κ1) is 7.02. The quantitative estimate of drug-likeness (QED) is 0.603. The van der Waals surface area contributed by atoms with Crippen LogP contribution in [0, 0.1) is 0 Å². The predicted octanol–water partition coefficient (Wildman–Crippen LogP) is 1.42. The van der Waals surface area contributed by atoms with E-state index in [0.717, 1.165) is 6.42 Å². The van der Waals surface area contributed by atoms with Crippen LogP contribution < -0.4 is 3.95 Å². The molecule has 0 radical (unpaired) electrons. The van der Waals surface area contributed by atoms with Gasteiger partial charge < -0.3 is 0 Å². The van der Waals surface area contributed by atoms with Crippen molar-refractivity contribution in [1.29, 1.82) is 0 Å². The average molecular weight is 201 g/mol. The van der Waals surface area contributed by atoms with Gasteiger partial charge in [-0.2, -0.15) is 0 Å². The summed E-state index contributed by atoms with van der Waals surface area (Å²) in [5.74, 6) is 0. The van der Waals surface area contributed by atoms with Gasteiger partial charge in [0.2, 0.25) is 0 Å². The van der Waals surface area contributed by atoms with Gasteiger partial charge in [0.05, 0.1) is 0 Å². The van der Waals surface area contributed by atoms with Crippen LogP contribution in [0.1, 0.15) is 12.5 Å². The van der Waals surface area contributed by atoms with E-state index in [0.29, 0.717) is 0 Å². The molecule has 47 valence electrons. The molecule has 1 heteroatoms. The molecular weight excluding hydrogens is 192 g/mol. The maximum absolute atomic E-state index is 2.18. The Kier molecular flexibility index (Phi) is 2.47. The fraction of sp³-hybridized carbons (Fsp3) is 0.250. The van der Waals surface area contributed by atoms with Crippen LogP contribution in [0.25, 0.3) is 0 Å². The summed E-state index contributed by atoms with van der Waals surface area (Å²) in [6.45, 7) is 2.18. The second-order valence-corrected chi connectivity index (χ2v) is 3.04. The van der Waals surface area contributed by atoms with E-state index in [1.54, 1.807) is 0 Å². The summed E-state index contributed by atoms with van der Waals surface area (Å²) in [7, 11) is 0. The van der Waals surface area contributed by atoms with Gasteiger partial charge in [-0.1, -0.05) is 0 Å². The van der Waals surface area contributed by atoms with Gasteiger partial charge in [-0.25, -0.2) is 0 Å². The third-order valence-electron chi connectivity index (χ3n) is 1.35. The first-order valence-electron chi connectivity index (χ1n) is 3.09. The van der Waals surface area contributed by atoms with Gasteiger partial charge in [-0.15, -0.1) is 0 Å². The van der Waals surface area contributed by atoms with Crippen molar-refractivity contribution in [2.75, 3.05) is 0 Å². The van der Waals surface area contributed by atoms with Crippen LogP contribution in [-0.4, -0.2) is 0 Å². The molecule has 0 unspecified atom stereocenters. The molecule has 0 atom stereocenters. The zero-order chi connectivity index (χ0) is 6.69. The molecule has 0 N–H and O–H groups in total. The molecule has 0 amide bonds. The molecule has 0 aliphatic heterocycles. The van der Waals surface area contributed by atoms with E-state index in [9.17, 15) is 0 Å². The molecular formula is C8H9Mo. The Labute approximate surface area is 67.2 Å². The molecule has 0 bridgehead atoms. The van der Waals surface area contributed by atoms with E-state index in [-0.39, 0.29) is 0 Å². The van der Waals surface area contributed by atoms with Crippen LogP contribution >= 0.6 is 0 Å². The van der Waals surface area contributed by atoms with Crippen molar-refractivity contribution in [3.63, 3.8) is 0 Å². The van der Waals surface area contributed by atoms with Crippen molar-refractivity contribution < 1.29 is 19.8 Å². The molecule has 1 aromatic rings. The minimum absolute atomic E-state index is 1.15. The van der Waals surface area contributed by atoms with Crippen molar-refractivity contribution in [3.05, 3.63) is 29.8 Å². The van der Waals surface area contributed by atoms with Gasteiger partial charge in [-0.05, 0) is 0 Å². The first-order valence-corrected chi connectivity index (χ1v) is 4.10. The number of rotatable bonds is 1. The number of hydrogen-bond donors (Lipinski definition) is 0. The van der Waals surface area contributed by atoms with Crippen LogP contribution in [-0.2, 0) is 26.2 Å². The molecule has 1 aromatic carbocycles. The Morgan fingerprint density at radius 1 is 1.33 bits per heavy atom. The van der Waals surface area contributed by atoms with Crippen LogP contribution in [0.2, 0.25) is 0 Å². The maximum atomic E-state index is 2.18. The predicted molar refractivity (Wildman–Crippen MR) is 35.5 cm³/mol. The van der Waals surface area contributed by atoms with Crippen molar-refractivity contribution >= 4 is 3.95 Å². The minimum atomic E-state index is 1.15. The third-order valence-corrected chi connectivity index (χ3v) is 2.33. The van der Waals surface area contributed by atoms with Crippen LogP contribution in [0.3, 0.4) is 0 Å². The van der Waals surface area contributed by atoms with E-state index in [2.05, 4.69) is 51.0 Å². The Hall–Kier alpha value is -0.0917.